The molecule has 32 heavy (non-hydrogen) atoms. The third-order valence-electron chi connectivity index (χ3n) is 5.64. The highest BCUT2D eigenvalue weighted by atomic mass is 35.5. The Hall–Kier alpha value is -2.80. The van der Waals surface area contributed by atoms with Gasteiger partial charge in [-0.15, -0.1) is 23.1 Å². The first-order valence-corrected chi connectivity index (χ1v) is 12.2. The molecule has 2 aliphatic rings. The zero-order valence-electron chi connectivity index (χ0n) is 17.3. The van der Waals surface area contributed by atoms with Gasteiger partial charge in [0.25, 0.3) is 5.69 Å². The van der Waals surface area contributed by atoms with Gasteiger partial charge in [0.1, 0.15) is 5.82 Å². The maximum absolute atomic E-state index is 13.2. The fourth-order valence-corrected chi connectivity index (χ4v) is 6.51. The van der Waals surface area contributed by atoms with E-state index in [1.165, 1.54) is 18.2 Å². The molecule has 0 bridgehead atoms. The number of aryl methyl sites for hydroxylation is 1. The van der Waals surface area contributed by atoms with Crippen molar-refractivity contribution in [3.8, 4) is 6.07 Å². The molecule has 164 valence electrons. The summed E-state index contributed by atoms with van der Waals surface area (Å²) in [5.74, 6) is -0.365. The zero-order chi connectivity index (χ0) is 23.2. The van der Waals surface area contributed by atoms with Crippen molar-refractivity contribution < 1.29 is 9.72 Å². The van der Waals surface area contributed by atoms with Crippen LogP contribution in [-0.4, -0.2) is 17.0 Å². The number of rotatable bonds is 4. The molecule has 0 saturated carbocycles. The number of nitriles is 1. The summed E-state index contributed by atoms with van der Waals surface area (Å²) in [5.41, 5.74) is 9.27. The van der Waals surface area contributed by atoms with Crippen LogP contribution in [0.2, 0.25) is 5.02 Å². The minimum absolute atomic E-state index is 0.0181. The number of Topliss-reactive ketones (excluding diaryl/α,β-unsaturated/α-hetero) is 1. The fraction of sp³-hybridized carbons (Fsp3) is 0.273. The number of benzene rings is 1. The lowest BCUT2D eigenvalue weighted by Gasteiger charge is -2.39. The highest BCUT2D eigenvalue weighted by Crippen LogP contribution is 2.50. The van der Waals surface area contributed by atoms with Gasteiger partial charge in [0, 0.05) is 34.7 Å². The van der Waals surface area contributed by atoms with Gasteiger partial charge in [0.05, 0.1) is 37.4 Å². The minimum atomic E-state index is -0.539. The number of allylic oxidation sites excluding steroid dienone is 3. The summed E-state index contributed by atoms with van der Waals surface area (Å²) in [6, 6.07) is 8.35. The van der Waals surface area contributed by atoms with Crippen LogP contribution in [0.1, 0.15) is 35.6 Å². The van der Waals surface area contributed by atoms with Gasteiger partial charge in [0.15, 0.2) is 5.78 Å². The van der Waals surface area contributed by atoms with Crippen LogP contribution in [0.4, 0.5) is 11.4 Å². The molecule has 2 heterocycles. The molecule has 1 aromatic heterocycles. The summed E-state index contributed by atoms with van der Waals surface area (Å²) < 4.78 is 1.04. The molecule has 1 aliphatic carbocycles. The number of thioether (sulfide) groups is 1. The Bertz CT molecular complexity index is 1260. The molecule has 1 unspecified atom stereocenters. The van der Waals surface area contributed by atoms with Crippen molar-refractivity contribution in [3.05, 3.63) is 72.5 Å². The van der Waals surface area contributed by atoms with Crippen LogP contribution >= 0.6 is 34.7 Å². The molecule has 1 aliphatic heterocycles. The quantitative estimate of drug-likeness (QED) is 0.337. The molecule has 7 nitrogen and oxygen atoms in total. The van der Waals surface area contributed by atoms with Crippen molar-refractivity contribution in [1.29, 1.82) is 5.26 Å². The number of nitro groups is 1. The van der Waals surface area contributed by atoms with E-state index in [0.29, 0.717) is 36.2 Å². The first-order valence-electron chi connectivity index (χ1n) is 9.82. The average Bonchev–Trinajstić information content (AvgIpc) is 3.14. The van der Waals surface area contributed by atoms with Crippen molar-refractivity contribution >= 4 is 51.9 Å². The van der Waals surface area contributed by atoms with Crippen LogP contribution in [0.3, 0.4) is 0 Å². The largest absolute Gasteiger partial charge is 0.384 e. The lowest BCUT2D eigenvalue weighted by molar-refractivity contribution is -0.384. The van der Waals surface area contributed by atoms with Crippen LogP contribution < -0.4 is 10.6 Å². The third-order valence-corrected chi connectivity index (χ3v) is 8.16. The topological polar surface area (TPSA) is 113 Å². The van der Waals surface area contributed by atoms with E-state index in [1.807, 2.05) is 19.2 Å². The summed E-state index contributed by atoms with van der Waals surface area (Å²) in [4.78, 5) is 26.5. The number of nitro benzene ring substituents is 1. The molecule has 0 saturated heterocycles. The maximum atomic E-state index is 13.2. The zero-order valence-corrected chi connectivity index (χ0v) is 19.7. The standard InChI is InChI=1S/C22H19ClN4O3S2/c1-11-8-13(22(31-2)32-11)19-14(10-24)21(25)26(17-4-3-5-18(28)20(17)19)16-7-6-12(27(29)30)9-15(16)23/h6-9,19H,3-5,25H2,1-2H3. The molecule has 2 N–H and O–H groups in total. The number of nitrogens with zero attached hydrogens (tertiary/aromatic N) is 3. The molecule has 1 aromatic carbocycles. The van der Waals surface area contributed by atoms with Gasteiger partial charge in [-0.3, -0.25) is 19.8 Å². The van der Waals surface area contributed by atoms with Crippen LogP contribution in [0, 0.1) is 28.4 Å². The molecule has 0 fully saturated rings. The molecule has 1 atom stereocenters. The molecule has 0 radical (unpaired) electrons. The lowest BCUT2D eigenvalue weighted by atomic mass is 9.76. The Morgan fingerprint density at radius 2 is 2.12 bits per heavy atom. The Kier molecular flexibility index (Phi) is 6.03. The van der Waals surface area contributed by atoms with Gasteiger partial charge in [-0.05, 0) is 43.7 Å². The van der Waals surface area contributed by atoms with Crippen LogP contribution in [0.15, 0.2) is 51.1 Å². The molecule has 10 heteroatoms. The second kappa shape index (κ2) is 8.62. The number of nitrogens with two attached hydrogens (primary N) is 1. The van der Waals surface area contributed by atoms with Gasteiger partial charge < -0.3 is 5.73 Å². The van der Waals surface area contributed by atoms with E-state index in [2.05, 4.69) is 6.07 Å². The molecule has 0 spiro atoms. The predicted octanol–water partition coefficient (Wildman–Crippen LogP) is 5.64. The Morgan fingerprint density at radius 1 is 1.38 bits per heavy atom. The SMILES string of the molecule is CSc1sc(C)cc1C1C(C#N)=C(N)N(c2ccc([N+](=O)[O-])cc2Cl)C2=C1C(=O)CCC2. The van der Waals surface area contributed by atoms with E-state index in [-0.39, 0.29) is 27.9 Å². The van der Waals surface area contributed by atoms with E-state index in [4.69, 9.17) is 17.3 Å². The molecule has 4 rings (SSSR count). The first-order chi connectivity index (χ1) is 15.3. The van der Waals surface area contributed by atoms with E-state index >= 15 is 0 Å². The van der Waals surface area contributed by atoms with Crippen molar-refractivity contribution in [2.45, 2.75) is 36.3 Å². The molecular weight excluding hydrogens is 468 g/mol. The highest BCUT2D eigenvalue weighted by Gasteiger charge is 2.42. The van der Waals surface area contributed by atoms with Crippen molar-refractivity contribution in [2.75, 3.05) is 11.2 Å². The number of thiophene rings is 1. The van der Waals surface area contributed by atoms with Crippen LogP contribution in [-0.2, 0) is 4.79 Å². The van der Waals surface area contributed by atoms with Gasteiger partial charge in [-0.2, -0.15) is 5.26 Å². The van der Waals surface area contributed by atoms with Crippen LogP contribution in [0.5, 0.6) is 0 Å². The number of anilines is 1. The minimum Gasteiger partial charge on any atom is -0.384 e. The number of non-ortho nitro benzene ring substituents is 1. The second-order valence-corrected chi connectivity index (χ2v) is 10.3. The lowest BCUT2D eigenvalue weighted by Crippen LogP contribution is -2.38. The number of hydrogen-bond donors (Lipinski definition) is 1. The Morgan fingerprint density at radius 3 is 2.75 bits per heavy atom. The monoisotopic (exact) mass is 486 g/mol. The second-order valence-electron chi connectivity index (χ2n) is 7.51. The van der Waals surface area contributed by atoms with Crippen molar-refractivity contribution in [3.63, 3.8) is 0 Å². The summed E-state index contributed by atoms with van der Waals surface area (Å²) in [6.07, 6.45) is 3.60. The van der Waals surface area contributed by atoms with Gasteiger partial charge in [-0.1, -0.05) is 11.6 Å². The van der Waals surface area contributed by atoms with E-state index in [9.17, 15) is 20.2 Å². The van der Waals surface area contributed by atoms with Gasteiger partial charge in [0.2, 0.25) is 0 Å². The third kappa shape index (κ3) is 3.58. The number of hydrogen-bond acceptors (Lipinski definition) is 8. The smallest absolute Gasteiger partial charge is 0.271 e. The number of carbonyl (C=O) groups is 1. The fourth-order valence-electron chi connectivity index (χ4n) is 4.34. The number of halogens is 1. The Balaban J connectivity index is 1.98. The summed E-state index contributed by atoms with van der Waals surface area (Å²) >= 11 is 9.62. The summed E-state index contributed by atoms with van der Waals surface area (Å²) in [7, 11) is 0. The van der Waals surface area contributed by atoms with Crippen molar-refractivity contribution in [2.24, 2.45) is 5.73 Å². The van der Waals surface area contributed by atoms with Crippen molar-refractivity contribution in [1.82, 2.24) is 0 Å². The molecule has 0 amide bonds. The van der Waals surface area contributed by atoms with Gasteiger partial charge >= 0.3 is 0 Å². The normalized spacial score (nSPS) is 18.6. The van der Waals surface area contributed by atoms with E-state index < -0.39 is 10.8 Å². The van der Waals surface area contributed by atoms with Crippen LogP contribution in [0.25, 0.3) is 0 Å². The number of ketones is 1. The van der Waals surface area contributed by atoms with E-state index in [1.54, 1.807) is 28.0 Å². The Labute approximate surface area is 198 Å². The van der Waals surface area contributed by atoms with E-state index in [0.717, 1.165) is 14.6 Å². The summed E-state index contributed by atoms with van der Waals surface area (Å²) in [5, 5.41) is 21.4. The maximum Gasteiger partial charge on any atom is 0.271 e. The first kappa shape index (κ1) is 22.4. The average molecular weight is 487 g/mol. The summed E-state index contributed by atoms with van der Waals surface area (Å²) in [6.45, 7) is 2.00. The highest BCUT2D eigenvalue weighted by molar-refractivity contribution is 8.00. The molecular formula is C22H19ClN4O3S2. The number of carbonyl (C=O) groups excluding carboxylic acids is 1. The predicted molar refractivity (Wildman–Crippen MR) is 127 cm³/mol. The van der Waals surface area contributed by atoms with Gasteiger partial charge in [-0.25, -0.2) is 0 Å². The molecule has 2 aromatic rings.